The van der Waals surface area contributed by atoms with Gasteiger partial charge in [-0.05, 0) is 39.7 Å². The molecule has 0 bridgehead atoms. The van der Waals surface area contributed by atoms with Crippen molar-refractivity contribution in [2.45, 2.75) is 0 Å². The van der Waals surface area contributed by atoms with Crippen LogP contribution in [0.15, 0.2) is 52.3 Å². The topological polar surface area (TPSA) is 107 Å². The number of benzene rings is 1. The van der Waals surface area contributed by atoms with Crippen molar-refractivity contribution >= 4 is 33.7 Å². The maximum absolute atomic E-state index is 11.6. The summed E-state index contributed by atoms with van der Waals surface area (Å²) in [6.45, 7) is -0.274. The molecular weight excluding hydrogens is 368 g/mol. The first-order valence-corrected chi connectivity index (χ1v) is 7.14. The number of rotatable bonds is 6. The van der Waals surface area contributed by atoms with Crippen LogP contribution in [-0.4, -0.2) is 28.6 Å². The third-order valence-electron chi connectivity index (χ3n) is 2.59. The minimum absolute atomic E-state index is 0.0735. The van der Waals surface area contributed by atoms with Gasteiger partial charge in [0.1, 0.15) is 5.75 Å². The lowest BCUT2D eigenvalue weighted by atomic mass is 10.3. The van der Waals surface area contributed by atoms with Gasteiger partial charge in [0.25, 0.3) is 11.6 Å². The first-order valence-electron chi connectivity index (χ1n) is 6.35. The molecule has 0 spiro atoms. The SMILES string of the molecule is O=C(COc1ccc([N+](=O)[O-])cc1Br)N/N=C\c1ccncc1. The molecule has 2 rings (SSSR count). The average molecular weight is 379 g/mol. The number of hydrazone groups is 1. The molecule has 0 aliphatic rings. The number of non-ortho nitro benzene ring substituents is 1. The molecule has 0 aliphatic carbocycles. The zero-order chi connectivity index (χ0) is 16.7. The number of nitrogens with zero attached hydrogens (tertiary/aromatic N) is 3. The average Bonchev–Trinajstić information content (AvgIpc) is 2.54. The highest BCUT2D eigenvalue weighted by Gasteiger charge is 2.11. The highest BCUT2D eigenvalue weighted by Crippen LogP contribution is 2.28. The van der Waals surface area contributed by atoms with Gasteiger partial charge in [-0.1, -0.05) is 0 Å². The zero-order valence-corrected chi connectivity index (χ0v) is 13.3. The molecule has 1 heterocycles. The van der Waals surface area contributed by atoms with Crippen molar-refractivity contribution in [3.05, 3.63) is 62.9 Å². The van der Waals surface area contributed by atoms with Crippen molar-refractivity contribution in [2.24, 2.45) is 5.10 Å². The second-order valence-corrected chi connectivity index (χ2v) is 5.09. The van der Waals surface area contributed by atoms with Crippen molar-refractivity contribution in [3.8, 4) is 5.75 Å². The van der Waals surface area contributed by atoms with Crippen LogP contribution in [0, 0.1) is 10.1 Å². The van der Waals surface area contributed by atoms with Crippen molar-refractivity contribution in [1.29, 1.82) is 0 Å². The van der Waals surface area contributed by atoms with Gasteiger partial charge in [0.15, 0.2) is 6.61 Å². The number of hydrogen-bond donors (Lipinski definition) is 1. The molecule has 0 radical (unpaired) electrons. The van der Waals surface area contributed by atoms with Crippen molar-refractivity contribution in [2.75, 3.05) is 6.61 Å². The summed E-state index contributed by atoms with van der Waals surface area (Å²) in [6.07, 6.45) is 4.69. The normalized spacial score (nSPS) is 10.5. The molecule has 8 nitrogen and oxygen atoms in total. The Bertz CT molecular complexity index is 737. The highest BCUT2D eigenvalue weighted by molar-refractivity contribution is 9.10. The number of pyridine rings is 1. The number of nitro benzene ring substituents is 1. The summed E-state index contributed by atoms with van der Waals surface area (Å²) in [5, 5.41) is 14.4. The molecule has 1 aromatic carbocycles. The molecule has 2 aromatic rings. The molecule has 118 valence electrons. The van der Waals surface area contributed by atoms with E-state index in [-0.39, 0.29) is 12.3 Å². The van der Waals surface area contributed by atoms with Gasteiger partial charge in [0, 0.05) is 24.5 Å². The highest BCUT2D eigenvalue weighted by atomic mass is 79.9. The van der Waals surface area contributed by atoms with E-state index >= 15 is 0 Å². The number of ether oxygens (including phenoxy) is 1. The van der Waals surface area contributed by atoms with Gasteiger partial charge in [0.2, 0.25) is 0 Å². The predicted octanol–water partition coefficient (Wildman–Crippen LogP) is 2.28. The van der Waals surface area contributed by atoms with E-state index in [0.29, 0.717) is 10.2 Å². The summed E-state index contributed by atoms with van der Waals surface area (Å²) in [7, 11) is 0. The van der Waals surface area contributed by atoms with Gasteiger partial charge >= 0.3 is 0 Å². The number of nitro groups is 1. The number of aromatic nitrogens is 1. The standard InChI is InChI=1S/C14H11BrN4O4/c15-12-7-11(19(21)22)1-2-13(12)23-9-14(20)18-17-8-10-3-5-16-6-4-10/h1-8H,9H2,(H,18,20)/b17-8-. The van der Waals surface area contributed by atoms with E-state index in [1.165, 1.54) is 24.4 Å². The first kappa shape index (κ1) is 16.6. The number of nitrogens with one attached hydrogen (secondary N) is 1. The minimum atomic E-state index is -0.519. The van der Waals surface area contributed by atoms with Gasteiger partial charge in [-0.3, -0.25) is 19.9 Å². The number of amides is 1. The smallest absolute Gasteiger partial charge is 0.277 e. The maximum atomic E-state index is 11.6. The molecule has 0 unspecified atom stereocenters. The summed E-state index contributed by atoms with van der Waals surface area (Å²) in [5.74, 6) is -0.135. The zero-order valence-electron chi connectivity index (χ0n) is 11.7. The van der Waals surface area contributed by atoms with E-state index in [9.17, 15) is 14.9 Å². The molecule has 0 saturated heterocycles. The summed E-state index contributed by atoms with van der Waals surface area (Å²) in [4.78, 5) is 25.6. The Balaban J connectivity index is 1.85. The number of carbonyl (C=O) groups excluding carboxylic acids is 1. The Morgan fingerprint density at radius 1 is 1.39 bits per heavy atom. The third kappa shape index (κ3) is 5.15. The fourth-order valence-electron chi connectivity index (χ4n) is 1.52. The first-order chi connectivity index (χ1) is 11.1. The molecular formula is C14H11BrN4O4. The van der Waals surface area contributed by atoms with E-state index in [4.69, 9.17) is 4.74 Å². The fourth-order valence-corrected chi connectivity index (χ4v) is 2.01. The minimum Gasteiger partial charge on any atom is -0.483 e. The summed E-state index contributed by atoms with van der Waals surface area (Å²) in [6, 6.07) is 7.48. The molecule has 0 saturated carbocycles. The molecule has 1 amide bonds. The molecule has 9 heteroatoms. The molecule has 0 fully saturated rings. The Kier molecular flexibility index (Phi) is 5.75. The van der Waals surface area contributed by atoms with E-state index in [1.807, 2.05) is 0 Å². The van der Waals surface area contributed by atoms with E-state index < -0.39 is 10.8 Å². The van der Waals surface area contributed by atoms with E-state index in [2.05, 4.69) is 31.4 Å². The van der Waals surface area contributed by atoms with Gasteiger partial charge in [-0.25, -0.2) is 5.43 Å². The molecule has 0 atom stereocenters. The summed E-state index contributed by atoms with van der Waals surface area (Å²) < 4.78 is 5.66. The van der Waals surface area contributed by atoms with Gasteiger partial charge in [-0.2, -0.15) is 5.10 Å². The van der Waals surface area contributed by atoms with Crippen LogP contribution in [0.2, 0.25) is 0 Å². The summed E-state index contributed by atoms with van der Waals surface area (Å²) >= 11 is 3.15. The van der Waals surface area contributed by atoms with Gasteiger partial charge < -0.3 is 4.74 Å². The molecule has 1 aromatic heterocycles. The number of carbonyl (C=O) groups is 1. The lowest BCUT2D eigenvalue weighted by molar-refractivity contribution is -0.384. The van der Waals surface area contributed by atoms with Crippen LogP contribution >= 0.6 is 15.9 Å². The van der Waals surface area contributed by atoms with Crippen LogP contribution < -0.4 is 10.2 Å². The lowest BCUT2D eigenvalue weighted by Crippen LogP contribution is -2.24. The van der Waals surface area contributed by atoms with Gasteiger partial charge in [-0.15, -0.1) is 0 Å². The van der Waals surface area contributed by atoms with Gasteiger partial charge in [0.05, 0.1) is 15.6 Å². The van der Waals surface area contributed by atoms with Crippen LogP contribution in [-0.2, 0) is 4.79 Å². The second-order valence-electron chi connectivity index (χ2n) is 4.23. The molecule has 23 heavy (non-hydrogen) atoms. The summed E-state index contributed by atoms with van der Waals surface area (Å²) in [5.41, 5.74) is 3.03. The quantitative estimate of drug-likeness (QED) is 0.471. The van der Waals surface area contributed by atoms with E-state index in [1.54, 1.807) is 24.5 Å². The monoisotopic (exact) mass is 378 g/mol. The van der Waals surface area contributed by atoms with Crippen molar-refractivity contribution < 1.29 is 14.5 Å². The van der Waals surface area contributed by atoms with Crippen LogP contribution in [0.3, 0.4) is 0 Å². The van der Waals surface area contributed by atoms with E-state index in [0.717, 1.165) is 5.56 Å². The van der Waals surface area contributed by atoms with Crippen molar-refractivity contribution in [1.82, 2.24) is 10.4 Å². The van der Waals surface area contributed by atoms with Crippen LogP contribution in [0.4, 0.5) is 5.69 Å². The third-order valence-corrected chi connectivity index (χ3v) is 3.21. The maximum Gasteiger partial charge on any atom is 0.277 e. The van der Waals surface area contributed by atoms with Crippen LogP contribution in [0.1, 0.15) is 5.56 Å². The molecule has 1 N–H and O–H groups in total. The Labute approximate surface area is 139 Å². The Morgan fingerprint density at radius 2 is 2.13 bits per heavy atom. The van der Waals surface area contributed by atoms with Crippen molar-refractivity contribution in [3.63, 3.8) is 0 Å². The predicted molar refractivity (Wildman–Crippen MR) is 86.3 cm³/mol. The fraction of sp³-hybridized carbons (Fsp3) is 0.0714. The second kappa shape index (κ2) is 7.99. The van der Waals surface area contributed by atoms with Crippen LogP contribution in [0.5, 0.6) is 5.75 Å². The number of halogens is 1. The Hall–Kier alpha value is -2.81. The number of hydrogen-bond acceptors (Lipinski definition) is 6. The Morgan fingerprint density at radius 3 is 2.78 bits per heavy atom. The lowest BCUT2D eigenvalue weighted by Gasteiger charge is -2.06. The largest absolute Gasteiger partial charge is 0.483 e. The van der Waals surface area contributed by atoms with Crippen LogP contribution in [0.25, 0.3) is 0 Å². The molecule has 0 aliphatic heterocycles.